The van der Waals surface area contributed by atoms with Crippen LogP contribution < -0.4 is 0 Å². The van der Waals surface area contributed by atoms with Crippen LogP contribution in [0.3, 0.4) is 0 Å². The molecule has 3 rings (SSSR count). The molecule has 0 bridgehead atoms. The Morgan fingerprint density at radius 1 is 0.929 bits per heavy atom. The molecule has 7 heteroatoms. The first-order chi connectivity index (χ1) is 20.4. The maximum atomic E-state index is 9.44. The molecule has 1 fully saturated rings. The van der Waals surface area contributed by atoms with E-state index < -0.39 is 17.9 Å². The molecule has 2 aromatic carbocycles. The fraction of sp³-hybridized carbons (Fsp3) is 0.600. The number of hydrogen-bond acceptors (Lipinski definition) is 5. The zero-order valence-electron chi connectivity index (χ0n) is 26.1. The summed E-state index contributed by atoms with van der Waals surface area (Å²) in [6.45, 7) is 8.95. The summed E-state index contributed by atoms with van der Waals surface area (Å²) in [6, 6.07) is 18.1. The van der Waals surface area contributed by atoms with E-state index in [9.17, 15) is 5.53 Å². The largest absolute Gasteiger partial charge is 0.376 e. The number of hydrogen-bond donors (Lipinski definition) is 0. The van der Waals surface area contributed by atoms with Gasteiger partial charge in [0.1, 0.15) is 6.10 Å². The molecule has 0 saturated carbocycles. The van der Waals surface area contributed by atoms with E-state index in [0.29, 0.717) is 6.61 Å². The number of allylic oxidation sites excluding steroid dienone is 2. The third kappa shape index (κ3) is 12.5. The minimum absolute atomic E-state index is 0.0832. The molecule has 6 nitrogen and oxygen atoms in total. The van der Waals surface area contributed by atoms with Gasteiger partial charge in [-0.25, -0.2) is 0 Å². The summed E-state index contributed by atoms with van der Waals surface area (Å²) in [6.07, 6.45) is 16.5. The van der Waals surface area contributed by atoms with Crippen molar-refractivity contribution < 1.29 is 14.2 Å². The molecule has 230 valence electrons. The van der Waals surface area contributed by atoms with Crippen LogP contribution in [0.4, 0.5) is 0 Å². The van der Waals surface area contributed by atoms with E-state index in [1.807, 2.05) is 44.2 Å². The van der Waals surface area contributed by atoms with Crippen molar-refractivity contribution in [2.45, 2.75) is 133 Å². The Labute approximate surface area is 258 Å². The topological polar surface area (TPSA) is 76.5 Å². The molecule has 0 radical (unpaired) electrons. The molecule has 0 unspecified atom stereocenters. The molecule has 0 N–H and O–H groups in total. The van der Waals surface area contributed by atoms with Crippen LogP contribution in [0.1, 0.15) is 96.1 Å². The molecule has 0 aliphatic carbocycles. The summed E-state index contributed by atoms with van der Waals surface area (Å²) in [5.41, 5.74) is 11.7. The predicted octanol–water partition coefficient (Wildman–Crippen LogP) is 10.3. The van der Waals surface area contributed by atoms with Crippen LogP contribution in [0.2, 0.25) is 0 Å². The van der Waals surface area contributed by atoms with E-state index >= 15 is 0 Å². The lowest BCUT2D eigenvalue weighted by atomic mass is 10.0. The van der Waals surface area contributed by atoms with Crippen LogP contribution in [0.15, 0.2) is 76.8 Å². The van der Waals surface area contributed by atoms with Crippen molar-refractivity contribution in [2.75, 3.05) is 6.61 Å². The maximum Gasteiger partial charge on any atom is 0.163 e. The van der Waals surface area contributed by atoms with Gasteiger partial charge < -0.3 is 14.2 Å². The second-order valence-corrected chi connectivity index (χ2v) is 13.1. The molecular formula is C35H51N3O3S. The van der Waals surface area contributed by atoms with E-state index in [0.717, 1.165) is 18.4 Å². The summed E-state index contributed by atoms with van der Waals surface area (Å²) in [5.74, 6) is -0.787. The Hall–Kier alpha value is -2.28. The van der Waals surface area contributed by atoms with Gasteiger partial charge in [0, 0.05) is 15.1 Å². The summed E-state index contributed by atoms with van der Waals surface area (Å²) in [7, 11) is 0. The van der Waals surface area contributed by atoms with Gasteiger partial charge in [0.15, 0.2) is 5.79 Å². The number of nitrogens with zero attached hydrogens (tertiary/aromatic N) is 3. The fourth-order valence-electron chi connectivity index (χ4n) is 5.32. The van der Waals surface area contributed by atoms with E-state index in [-0.39, 0.29) is 18.0 Å². The van der Waals surface area contributed by atoms with Gasteiger partial charge in [-0.2, -0.15) is 0 Å². The molecule has 1 aliphatic heterocycles. The number of thioether (sulfide) groups is 1. The number of benzene rings is 2. The average molecular weight is 594 g/mol. The number of azide groups is 1. The minimum Gasteiger partial charge on any atom is -0.376 e. The van der Waals surface area contributed by atoms with Crippen molar-refractivity contribution in [3.05, 3.63) is 88.3 Å². The summed E-state index contributed by atoms with van der Waals surface area (Å²) in [5, 5.41) is 4.22. The van der Waals surface area contributed by atoms with Crippen LogP contribution in [0.5, 0.6) is 0 Å². The quantitative estimate of drug-likeness (QED) is 0.0382. The average Bonchev–Trinajstić information content (AvgIpc) is 3.31. The van der Waals surface area contributed by atoms with Gasteiger partial charge in [-0.05, 0) is 63.3 Å². The molecule has 1 saturated heterocycles. The predicted molar refractivity (Wildman–Crippen MR) is 175 cm³/mol. The number of aryl methyl sites for hydroxylation is 1. The van der Waals surface area contributed by atoms with Crippen molar-refractivity contribution in [3.63, 3.8) is 0 Å². The Kier molecular flexibility index (Phi) is 15.6. The lowest BCUT2D eigenvalue weighted by molar-refractivity contribution is -0.149. The van der Waals surface area contributed by atoms with E-state index in [1.54, 1.807) is 11.8 Å². The zero-order valence-corrected chi connectivity index (χ0v) is 26.9. The molecule has 4 atom stereocenters. The van der Waals surface area contributed by atoms with E-state index in [4.69, 9.17) is 14.2 Å². The van der Waals surface area contributed by atoms with Gasteiger partial charge in [0.25, 0.3) is 0 Å². The maximum absolute atomic E-state index is 9.44. The molecule has 0 spiro atoms. The van der Waals surface area contributed by atoms with Crippen LogP contribution >= 0.6 is 11.8 Å². The van der Waals surface area contributed by atoms with E-state index in [2.05, 4.69) is 60.3 Å². The summed E-state index contributed by atoms with van der Waals surface area (Å²) < 4.78 is 19.0. The Bertz CT molecular complexity index is 1090. The number of unbranched alkanes of at least 4 members (excludes halogenated alkanes) is 8. The fourth-order valence-corrected chi connectivity index (χ4v) is 6.51. The van der Waals surface area contributed by atoms with Crippen LogP contribution in [-0.4, -0.2) is 35.9 Å². The molecule has 42 heavy (non-hydrogen) atoms. The first kappa shape index (κ1) is 34.2. The van der Waals surface area contributed by atoms with Gasteiger partial charge in [-0.3, -0.25) is 0 Å². The van der Waals surface area contributed by atoms with Gasteiger partial charge in [-0.15, -0.1) is 11.8 Å². The highest BCUT2D eigenvalue weighted by Gasteiger charge is 2.48. The highest BCUT2D eigenvalue weighted by atomic mass is 32.2. The molecule has 1 aliphatic rings. The summed E-state index contributed by atoms with van der Waals surface area (Å²) >= 11 is 1.80. The Morgan fingerprint density at radius 2 is 1.60 bits per heavy atom. The monoisotopic (exact) mass is 593 g/mol. The van der Waals surface area contributed by atoms with Gasteiger partial charge in [0.2, 0.25) is 0 Å². The smallest absolute Gasteiger partial charge is 0.163 e. The van der Waals surface area contributed by atoms with Crippen LogP contribution in [0.25, 0.3) is 10.4 Å². The van der Waals surface area contributed by atoms with Crippen molar-refractivity contribution in [1.29, 1.82) is 0 Å². The lowest BCUT2D eigenvalue weighted by Crippen LogP contribution is -2.42. The van der Waals surface area contributed by atoms with Gasteiger partial charge >= 0.3 is 0 Å². The zero-order chi connectivity index (χ0) is 30.0. The highest BCUT2D eigenvalue weighted by Crippen LogP contribution is 2.40. The normalized spacial score (nSPS) is 19.5. The van der Waals surface area contributed by atoms with E-state index in [1.165, 1.54) is 61.8 Å². The van der Waals surface area contributed by atoms with Crippen molar-refractivity contribution in [3.8, 4) is 0 Å². The molecule has 1 heterocycles. The second kappa shape index (κ2) is 19.1. The first-order valence-corrected chi connectivity index (χ1v) is 16.7. The number of rotatable bonds is 20. The van der Waals surface area contributed by atoms with Crippen LogP contribution in [0, 0.1) is 6.92 Å². The van der Waals surface area contributed by atoms with Crippen LogP contribution in [-0.2, 0) is 20.8 Å². The molecular weight excluding hydrogens is 542 g/mol. The second-order valence-electron chi connectivity index (χ2n) is 11.8. The summed E-state index contributed by atoms with van der Waals surface area (Å²) in [4.78, 5) is 4.35. The molecule has 0 amide bonds. The van der Waals surface area contributed by atoms with Crippen molar-refractivity contribution in [2.24, 2.45) is 5.11 Å². The lowest BCUT2D eigenvalue weighted by Gasteiger charge is -2.28. The number of ether oxygens (including phenoxy) is 3. The van der Waals surface area contributed by atoms with Crippen molar-refractivity contribution in [1.82, 2.24) is 0 Å². The highest BCUT2D eigenvalue weighted by molar-refractivity contribution is 8.00. The van der Waals surface area contributed by atoms with Gasteiger partial charge in [0.05, 0.1) is 25.4 Å². The Morgan fingerprint density at radius 3 is 2.29 bits per heavy atom. The SMILES string of the molecule is CCCCCCCCCC/C=C/C[C@H](Sc1ccc(C)cc1)[C@@H]1OC(C)(C)O[C@H]1[C@@H](COCc1ccccc1)N=[N+]=[N-]. The third-order valence-electron chi connectivity index (χ3n) is 7.58. The minimum atomic E-state index is -0.787. The molecule has 2 aromatic rings. The van der Waals surface area contributed by atoms with Gasteiger partial charge in [-0.1, -0.05) is 117 Å². The third-order valence-corrected chi connectivity index (χ3v) is 8.88. The standard InChI is InChI=1S/C35H51N3O3S/c1-5-6-7-8-9-10-11-12-13-14-18-21-32(42-30-24-22-28(2)23-25-30)34-33(40-35(3,4)41-34)31(37-38-36)27-39-26-29-19-16-15-17-20-29/h14-20,22-25,31-34H,5-13,21,26-27H2,1-4H3/b18-14+/t31-,32+,33+,34+/m1/s1. The molecule has 0 aromatic heterocycles. The first-order valence-electron chi connectivity index (χ1n) is 15.8. The van der Waals surface area contributed by atoms with Crippen molar-refractivity contribution >= 4 is 11.8 Å². The Balaban J connectivity index is 1.65.